The van der Waals surface area contributed by atoms with Crippen LogP contribution in [0.5, 0.6) is 0 Å². The monoisotopic (exact) mass is 854 g/mol. The molecule has 0 bridgehead atoms. The molecule has 0 spiro atoms. The van der Waals surface area contributed by atoms with Gasteiger partial charge in [0.2, 0.25) is 5.79 Å². The van der Waals surface area contributed by atoms with Gasteiger partial charge in [0.1, 0.15) is 37.1 Å². The Labute approximate surface area is 282 Å². The largest absolute Gasteiger partial charge is 0.341 e. The van der Waals surface area contributed by atoms with Gasteiger partial charge in [0, 0.05) is 0 Å². The zero-order valence-electron chi connectivity index (χ0n) is 21.8. The van der Waals surface area contributed by atoms with Gasteiger partial charge in [0.15, 0.2) is 18.5 Å². The molecular weight excluding hydrogens is 833 g/mol. The van der Waals surface area contributed by atoms with E-state index in [-0.39, 0.29) is 0 Å². The molecule has 2 aliphatic rings. The van der Waals surface area contributed by atoms with E-state index in [9.17, 15) is 61.0 Å². The van der Waals surface area contributed by atoms with E-state index in [1.165, 1.54) is 0 Å². The zero-order valence-corrected chi connectivity index (χ0v) is 28.4. The Morgan fingerprint density at radius 2 is 0.915 bits per heavy atom. The van der Waals surface area contributed by atoms with E-state index >= 15 is 0 Å². The molecule has 17 atom stereocenters. The Bertz CT molecular complexity index is 1230. The lowest BCUT2D eigenvalue weighted by atomic mass is 9.99. The van der Waals surface area contributed by atoms with E-state index in [2.05, 4.69) is 16.7 Å². The van der Waals surface area contributed by atoms with Gasteiger partial charge in [-0.25, -0.2) is 0 Å². The van der Waals surface area contributed by atoms with Gasteiger partial charge in [-0.05, 0) is 0 Å². The quantitative estimate of drug-likeness (QED) is 0.0509. The van der Waals surface area contributed by atoms with Crippen LogP contribution in [-0.4, -0.2) is 145 Å². The highest BCUT2D eigenvalue weighted by Crippen LogP contribution is 2.42. The van der Waals surface area contributed by atoms with E-state index in [4.69, 9.17) is 40.0 Å². The Kier molecular flexibility index (Phi) is 19.0. The molecule has 8 unspecified atom stereocenters. The van der Waals surface area contributed by atoms with Crippen molar-refractivity contribution >= 4 is 90.9 Å². The number of rotatable bonds is 21. The molecule has 47 heavy (non-hydrogen) atoms. The number of hydrogen-bond acceptors (Lipinski definition) is 19. The molecule has 27 nitrogen and oxygen atoms in total. The Balaban J connectivity index is 2.78. The van der Waals surface area contributed by atoms with Crippen LogP contribution in [0.2, 0.25) is 0 Å². The molecule has 0 amide bonds. The van der Waals surface area contributed by atoms with Gasteiger partial charge in [-0.1, -0.05) is 0 Å². The zero-order chi connectivity index (χ0) is 35.6. The first-order chi connectivity index (χ1) is 21.8. The predicted molar refractivity (Wildman–Crippen MR) is 146 cm³/mol. The van der Waals surface area contributed by atoms with Crippen LogP contribution in [0.15, 0.2) is 0 Å². The van der Waals surface area contributed by atoms with Crippen molar-refractivity contribution in [2.24, 2.45) is 0 Å². The summed E-state index contributed by atoms with van der Waals surface area (Å²) in [6, 6.07) is 0. The van der Waals surface area contributed by atoms with Crippen molar-refractivity contribution in [3.63, 3.8) is 0 Å². The second-order valence-corrected chi connectivity index (χ2v) is 13.1. The molecule has 0 aromatic heterocycles. The smallest absolute Gasteiger partial charge is 0.302 e. The maximum atomic E-state index is 11.8. The molecule has 280 valence electrons. The topological polar surface area (TPSA) is 400 Å². The summed E-state index contributed by atoms with van der Waals surface area (Å²) in [5.74, 6) is -3.11. The summed E-state index contributed by atoms with van der Waals surface area (Å²) in [7, 11) is 0. The molecular formula is C12H22O27S8. The highest BCUT2D eigenvalue weighted by Gasteiger charge is 2.64. The minimum Gasteiger partial charge on any atom is -0.341 e. The maximum absolute atomic E-state index is 11.8. The normalized spacial score (nSPS) is 36.6. The molecule has 35 heteroatoms. The van der Waals surface area contributed by atoms with Crippen LogP contribution in [0.1, 0.15) is 0 Å². The molecule has 2 fully saturated rings. The Morgan fingerprint density at radius 3 is 1.38 bits per heavy atom. The van der Waals surface area contributed by atoms with E-state index < -0.39 is 166 Å². The van der Waals surface area contributed by atoms with Crippen LogP contribution in [0.4, 0.5) is 0 Å². The lowest BCUT2D eigenvalue weighted by Crippen LogP contribution is -2.65. The summed E-state index contributed by atoms with van der Waals surface area (Å²) < 4.78 is 220. The van der Waals surface area contributed by atoms with Crippen molar-refractivity contribution in [1.82, 2.24) is 0 Å². The third-order valence-corrected chi connectivity index (χ3v) is 8.26. The second-order valence-electron chi connectivity index (χ2n) is 7.96. The van der Waals surface area contributed by atoms with E-state index in [0.717, 1.165) is 0 Å². The van der Waals surface area contributed by atoms with Crippen molar-refractivity contribution in [3.05, 3.63) is 0 Å². The molecule has 0 aromatic carbocycles. The van der Waals surface area contributed by atoms with Gasteiger partial charge < -0.3 is 14.2 Å². The highest BCUT2D eigenvalue weighted by atomic mass is 32.2. The third kappa shape index (κ3) is 14.2. The fraction of sp³-hybridized carbons (Fsp3) is 1.00. The average molecular weight is 855 g/mol. The van der Waals surface area contributed by atoms with Gasteiger partial charge in [-0.2, -0.15) is 33.7 Å². The molecule has 2 heterocycles. The summed E-state index contributed by atoms with van der Waals surface area (Å²) in [6.07, 6.45) is -18.2. The van der Waals surface area contributed by atoms with Crippen molar-refractivity contribution in [1.29, 1.82) is 0 Å². The molecule has 0 radical (unpaired) electrons. The molecule has 2 saturated heterocycles. The first-order valence-corrected chi connectivity index (χ1v) is 19.2. The van der Waals surface area contributed by atoms with Crippen molar-refractivity contribution in [2.45, 2.75) is 54.8 Å². The average Bonchev–Trinajstić information content (AvgIpc) is 3.18. The van der Waals surface area contributed by atoms with Crippen LogP contribution in [0.3, 0.4) is 0 Å². The fourth-order valence-corrected chi connectivity index (χ4v) is 6.77. The van der Waals surface area contributed by atoms with Crippen LogP contribution in [-0.2, 0) is 139 Å². The first kappa shape index (κ1) is 43.6. The molecule has 0 saturated carbocycles. The summed E-state index contributed by atoms with van der Waals surface area (Å²) in [4.78, 5) is 0. The molecule has 0 aromatic rings. The van der Waals surface area contributed by atoms with Gasteiger partial charge in [-0.3, -0.25) is 69.9 Å². The first-order valence-electron chi connectivity index (χ1n) is 11.0. The Hall–Kier alpha value is 0.440. The van der Waals surface area contributed by atoms with Gasteiger partial charge >= 0.3 is 90.9 Å². The van der Waals surface area contributed by atoms with Gasteiger partial charge in [-0.15, -0.1) is 0 Å². The van der Waals surface area contributed by atoms with Crippen LogP contribution in [0, 0.1) is 0 Å². The van der Waals surface area contributed by atoms with E-state index in [1.54, 1.807) is 0 Å². The summed E-state index contributed by atoms with van der Waals surface area (Å²) in [5, 5.41) is 0. The minimum absolute atomic E-state index is 1.12. The second kappa shape index (κ2) is 20.5. The van der Waals surface area contributed by atoms with Gasteiger partial charge in [0.05, 0.1) is 13.2 Å². The summed E-state index contributed by atoms with van der Waals surface area (Å²) in [6.45, 7) is -3.75. The predicted octanol–water partition coefficient (Wildman–Crippen LogP) is -4.11. The van der Waals surface area contributed by atoms with Gasteiger partial charge in [0.25, 0.3) is 0 Å². The van der Waals surface area contributed by atoms with E-state index in [1.807, 2.05) is 0 Å². The third-order valence-electron chi connectivity index (χ3n) is 5.34. The van der Waals surface area contributed by atoms with E-state index in [0.29, 0.717) is 0 Å². The fourth-order valence-electron chi connectivity index (χ4n) is 3.93. The number of hydrogen-bond donors (Lipinski definition) is 8. The van der Waals surface area contributed by atoms with Crippen LogP contribution in [0.25, 0.3) is 0 Å². The van der Waals surface area contributed by atoms with Crippen LogP contribution < -0.4 is 0 Å². The number of ether oxygens (including phenoxy) is 3. The standard InChI is InChI=1S/C12H22O27S8/c13-40(14)29-1-4-6(35-43(19)20)8(37-45(23)24)9(38-46(25)26)11(32-4)34-12(3-31-42(17)18)10(39-47(27)28)7(36-44(21)22)5(33-12)2-30-41(15)16/h4-11H,1-3H2,(H,13,14)(H,15,16)(H,17,18)(H,19,20)(H,21,22)(H,23,24)(H,25,26)(H,27,28)/t4-,5-,6-,7-,8+,9-,10+,11-,12+/m1/s1. The summed E-state index contributed by atoms with van der Waals surface area (Å²) >= 11 is -26.4. The SMILES string of the molecule is O=S(O)OC[C@H]1O[C@@](COS(=O)O)(O[C@H]2O[C@H](COS(=O)O)[C@@H](OS(=O)O)[C@H](OS(=O)O)[C@H]2OS(=O)O)[C@@H](OS(=O)O)[C@@H]1OS(=O)O. The Morgan fingerprint density at radius 1 is 0.489 bits per heavy atom. The lowest BCUT2D eigenvalue weighted by molar-refractivity contribution is -0.373. The molecule has 8 N–H and O–H groups in total. The lowest BCUT2D eigenvalue weighted by Gasteiger charge is -2.45. The van der Waals surface area contributed by atoms with Crippen molar-refractivity contribution in [3.8, 4) is 0 Å². The van der Waals surface area contributed by atoms with Crippen molar-refractivity contribution < 1.29 is 118 Å². The molecule has 2 rings (SSSR count). The highest BCUT2D eigenvalue weighted by molar-refractivity contribution is 7.75. The molecule has 2 aliphatic heterocycles. The van der Waals surface area contributed by atoms with Crippen LogP contribution >= 0.6 is 0 Å². The minimum atomic E-state index is -3.44. The molecule has 0 aliphatic carbocycles. The maximum Gasteiger partial charge on any atom is 0.302 e. The summed E-state index contributed by atoms with van der Waals surface area (Å²) in [5.41, 5.74) is 0. The van der Waals surface area contributed by atoms with Crippen molar-refractivity contribution in [2.75, 3.05) is 19.8 Å².